The van der Waals surface area contributed by atoms with Crippen LogP contribution in [0.1, 0.15) is 52.4 Å². The van der Waals surface area contributed by atoms with Crippen LogP contribution < -0.4 is 10.6 Å². The maximum atomic E-state index is 12.3. The smallest absolute Gasteiger partial charge is 0.326 e. The zero-order chi connectivity index (χ0) is 14.7. The summed E-state index contributed by atoms with van der Waals surface area (Å²) in [6.45, 7) is 3.62. The van der Waals surface area contributed by atoms with Crippen molar-refractivity contribution in [2.75, 3.05) is 0 Å². The highest BCUT2D eigenvalue weighted by Gasteiger charge is 2.35. The molecule has 2 fully saturated rings. The molecule has 1 saturated carbocycles. The van der Waals surface area contributed by atoms with Gasteiger partial charge in [-0.3, -0.25) is 4.79 Å². The Balaban J connectivity index is 1.91. The van der Waals surface area contributed by atoms with E-state index in [0.29, 0.717) is 12.0 Å². The number of carbonyl (C=O) groups is 2. The van der Waals surface area contributed by atoms with Gasteiger partial charge in [0.15, 0.2) is 0 Å². The van der Waals surface area contributed by atoms with Gasteiger partial charge >= 0.3 is 5.97 Å². The minimum Gasteiger partial charge on any atom is -0.480 e. The molecule has 1 amide bonds. The molecular formula is C15H26N2O3. The second-order valence-corrected chi connectivity index (χ2v) is 6.52. The van der Waals surface area contributed by atoms with E-state index in [1.807, 2.05) is 13.8 Å². The van der Waals surface area contributed by atoms with E-state index in [-0.39, 0.29) is 17.9 Å². The molecule has 5 nitrogen and oxygen atoms in total. The zero-order valence-electron chi connectivity index (χ0n) is 12.4. The van der Waals surface area contributed by atoms with Gasteiger partial charge in [0.05, 0.1) is 6.04 Å². The van der Waals surface area contributed by atoms with Crippen LogP contribution in [0.3, 0.4) is 0 Å². The van der Waals surface area contributed by atoms with E-state index in [2.05, 4.69) is 10.6 Å². The van der Waals surface area contributed by atoms with Gasteiger partial charge in [-0.1, -0.05) is 26.7 Å². The van der Waals surface area contributed by atoms with E-state index in [9.17, 15) is 9.59 Å². The van der Waals surface area contributed by atoms with Crippen molar-refractivity contribution in [2.45, 2.75) is 70.5 Å². The first kappa shape index (κ1) is 15.3. The van der Waals surface area contributed by atoms with Gasteiger partial charge < -0.3 is 15.7 Å². The molecule has 0 aromatic heterocycles. The lowest BCUT2D eigenvalue weighted by Gasteiger charge is -2.40. The number of piperidine rings is 1. The molecule has 0 aromatic carbocycles. The summed E-state index contributed by atoms with van der Waals surface area (Å²) in [4.78, 5) is 23.4. The topological polar surface area (TPSA) is 78.4 Å². The monoisotopic (exact) mass is 282 g/mol. The lowest BCUT2D eigenvalue weighted by Crippen LogP contribution is -2.57. The summed E-state index contributed by atoms with van der Waals surface area (Å²) >= 11 is 0. The maximum Gasteiger partial charge on any atom is 0.326 e. The summed E-state index contributed by atoms with van der Waals surface area (Å²) in [7, 11) is 0. The molecule has 0 spiro atoms. The van der Waals surface area contributed by atoms with Gasteiger partial charge in [0, 0.05) is 6.04 Å². The second-order valence-electron chi connectivity index (χ2n) is 6.52. The normalized spacial score (nSPS) is 31.4. The number of carboxylic acids is 1. The van der Waals surface area contributed by atoms with Gasteiger partial charge in [-0.15, -0.1) is 0 Å². The van der Waals surface area contributed by atoms with Gasteiger partial charge in [0.1, 0.15) is 6.04 Å². The number of hydrogen-bond donors (Lipinski definition) is 3. The lowest BCUT2D eigenvalue weighted by atomic mass is 9.77. The summed E-state index contributed by atoms with van der Waals surface area (Å²) in [5.41, 5.74) is 0. The van der Waals surface area contributed by atoms with E-state index in [1.165, 1.54) is 19.3 Å². The van der Waals surface area contributed by atoms with E-state index in [0.717, 1.165) is 19.3 Å². The highest BCUT2D eigenvalue weighted by Crippen LogP contribution is 2.32. The Labute approximate surface area is 120 Å². The first-order valence-corrected chi connectivity index (χ1v) is 7.78. The fraction of sp³-hybridized carbons (Fsp3) is 0.867. The maximum absolute atomic E-state index is 12.3. The minimum absolute atomic E-state index is 0.109. The van der Waals surface area contributed by atoms with Crippen LogP contribution in [-0.2, 0) is 9.59 Å². The largest absolute Gasteiger partial charge is 0.480 e. The third kappa shape index (κ3) is 3.51. The highest BCUT2D eigenvalue weighted by molar-refractivity contribution is 5.87. The summed E-state index contributed by atoms with van der Waals surface area (Å²) in [5, 5.41) is 15.3. The van der Waals surface area contributed by atoms with Gasteiger partial charge in [-0.2, -0.15) is 0 Å². The van der Waals surface area contributed by atoms with Crippen molar-refractivity contribution in [3.63, 3.8) is 0 Å². The Bertz CT molecular complexity index is 370. The van der Waals surface area contributed by atoms with E-state index < -0.39 is 12.0 Å². The Morgan fingerprint density at radius 2 is 1.85 bits per heavy atom. The van der Waals surface area contributed by atoms with Gasteiger partial charge in [-0.25, -0.2) is 4.79 Å². The molecule has 114 valence electrons. The predicted molar refractivity (Wildman–Crippen MR) is 76.3 cm³/mol. The SMILES string of the molecule is CC(C)[C@@H](NC(=O)C1CCC2CCCCC2N1)C(=O)O. The molecular weight excluding hydrogens is 256 g/mol. The molecule has 2 rings (SSSR count). The van der Waals surface area contributed by atoms with Crippen LogP contribution in [0.15, 0.2) is 0 Å². The van der Waals surface area contributed by atoms with Gasteiger partial charge in [0.25, 0.3) is 0 Å². The second kappa shape index (κ2) is 6.57. The molecule has 0 bridgehead atoms. The van der Waals surface area contributed by atoms with Crippen LogP contribution in [0.4, 0.5) is 0 Å². The average molecular weight is 282 g/mol. The molecule has 4 atom stereocenters. The van der Waals surface area contributed by atoms with Crippen LogP contribution >= 0.6 is 0 Å². The molecule has 2 aliphatic rings. The summed E-state index contributed by atoms with van der Waals surface area (Å²) < 4.78 is 0. The summed E-state index contributed by atoms with van der Waals surface area (Å²) in [6.07, 6.45) is 6.82. The predicted octanol–water partition coefficient (Wildman–Crippen LogP) is 1.52. The fourth-order valence-electron chi connectivity index (χ4n) is 3.47. The summed E-state index contributed by atoms with van der Waals surface area (Å²) in [5.74, 6) is -0.523. The number of nitrogens with one attached hydrogen (secondary N) is 2. The van der Waals surface area contributed by atoms with Crippen molar-refractivity contribution >= 4 is 11.9 Å². The van der Waals surface area contributed by atoms with Crippen LogP contribution in [0, 0.1) is 11.8 Å². The van der Waals surface area contributed by atoms with Crippen molar-refractivity contribution in [1.29, 1.82) is 0 Å². The number of carboxylic acid groups (broad SMARTS) is 1. The van der Waals surface area contributed by atoms with Crippen molar-refractivity contribution in [1.82, 2.24) is 10.6 Å². The first-order chi connectivity index (χ1) is 9.49. The molecule has 0 aromatic rings. The molecule has 5 heteroatoms. The van der Waals surface area contributed by atoms with Crippen molar-refractivity contribution in [3.05, 3.63) is 0 Å². The van der Waals surface area contributed by atoms with Crippen LogP contribution in [0.2, 0.25) is 0 Å². The van der Waals surface area contributed by atoms with Gasteiger partial charge in [0.2, 0.25) is 5.91 Å². The molecule has 3 N–H and O–H groups in total. The van der Waals surface area contributed by atoms with E-state index >= 15 is 0 Å². The van der Waals surface area contributed by atoms with Crippen molar-refractivity contribution in [3.8, 4) is 0 Å². The number of amides is 1. The third-order valence-corrected chi connectivity index (χ3v) is 4.70. The first-order valence-electron chi connectivity index (χ1n) is 7.78. The highest BCUT2D eigenvalue weighted by atomic mass is 16.4. The molecule has 3 unspecified atom stereocenters. The molecule has 1 aliphatic heterocycles. The minimum atomic E-state index is -0.959. The van der Waals surface area contributed by atoms with E-state index in [4.69, 9.17) is 5.11 Å². The molecule has 1 saturated heterocycles. The third-order valence-electron chi connectivity index (χ3n) is 4.70. The fourth-order valence-corrected chi connectivity index (χ4v) is 3.47. The molecule has 1 heterocycles. The quantitative estimate of drug-likeness (QED) is 0.730. The number of carbonyl (C=O) groups excluding carboxylic acids is 1. The zero-order valence-corrected chi connectivity index (χ0v) is 12.4. The van der Waals surface area contributed by atoms with E-state index in [1.54, 1.807) is 0 Å². The molecule has 0 radical (unpaired) electrons. The Morgan fingerprint density at radius 1 is 1.15 bits per heavy atom. The Hall–Kier alpha value is -1.10. The summed E-state index contributed by atoms with van der Waals surface area (Å²) in [6, 6.07) is -0.584. The number of hydrogen-bond acceptors (Lipinski definition) is 3. The van der Waals surface area contributed by atoms with Crippen LogP contribution in [-0.4, -0.2) is 35.1 Å². The Morgan fingerprint density at radius 3 is 2.50 bits per heavy atom. The molecule has 1 aliphatic carbocycles. The Kier molecular flexibility index (Phi) is 5.02. The number of rotatable bonds is 4. The molecule has 20 heavy (non-hydrogen) atoms. The van der Waals surface area contributed by atoms with Crippen molar-refractivity contribution in [2.24, 2.45) is 11.8 Å². The van der Waals surface area contributed by atoms with Crippen LogP contribution in [0.25, 0.3) is 0 Å². The number of fused-ring (bicyclic) bond motifs is 1. The lowest BCUT2D eigenvalue weighted by molar-refractivity contribution is -0.143. The van der Waals surface area contributed by atoms with Gasteiger partial charge in [-0.05, 0) is 37.5 Å². The van der Waals surface area contributed by atoms with Crippen LogP contribution in [0.5, 0.6) is 0 Å². The standard InChI is InChI=1S/C15H26N2O3/c1-9(2)13(15(19)20)17-14(18)12-8-7-10-5-3-4-6-11(10)16-12/h9-13,16H,3-8H2,1-2H3,(H,17,18)(H,19,20)/t10?,11?,12?,13-/m1/s1. The average Bonchev–Trinajstić information content (AvgIpc) is 2.43. The number of aliphatic carboxylic acids is 1. The van der Waals surface area contributed by atoms with Crippen molar-refractivity contribution < 1.29 is 14.7 Å².